The van der Waals surface area contributed by atoms with Crippen LogP contribution < -0.4 is 5.32 Å². The molecule has 0 unspecified atom stereocenters. The van der Waals surface area contributed by atoms with E-state index in [0.717, 1.165) is 16.5 Å². The number of amides is 1. The molecule has 124 valence electrons. The van der Waals surface area contributed by atoms with E-state index < -0.39 is 9.84 Å². The molecule has 0 atom stereocenters. The summed E-state index contributed by atoms with van der Waals surface area (Å²) in [7, 11) is -3.23. The number of rotatable bonds is 4. The number of sulfone groups is 1. The molecule has 2 aromatic carbocycles. The molecule has 2 N–H and O–H groups in total. The van der Waals surface area contributed by atoms with Gasteiger partial charge in [0, 0.05) is 35.5 Å². The quantitative estimate of drug-likeness (QED) is 0.765. The molecule has 0 fully saturated rings. The maximum Gasteiger partial charge on any atom is 0.251 e. The molecule has 1 amide bonds. The Morgan fingerprint density at radius 1 is 1.12 bits per heavy atom. The monoisotopic (exact) mass is 342 g/mol. The first kappa shape index (κ1) is 16.3. The summed E-state index contributed by atoms with van der Waals surface area (Å²) in [5.41, 5.74) is 3.11. The second kappa shape index (κ2) is 6.13. The third kappa shape index (κ3) is 3.33. The Bertz CT molecular complexity index is 1020. The first-order valence-electron chi connectivity index (χ1n) is 7.49. The molecule has 0 aliphatic carbocycles. The zero-order valence-corrected chi connectivity index (χ0v) is 14.3. The summed E-state index contributed by atoms with van der Waals surface area (Å²) >= 11 is 0. The Hall–Kier alpha value is -2.60. The number of hydrogen-bond acceptors (Lipinski definition) is 3. The molecule has 0 saturated heterocycles. The lowest BCUT2D eigenvalue weighted by atomic mass is 10.1. The van der Waals surface area contributed by atoms with Crippen molar-refractivity contribution in [3.63, 3.8) is 0 Å². The summed E-state index contributed by atoms with van der Waals surface area (Å²) in [5.74, 6) is -0.164. The van der Waals surface area contributed by atoms with Gasteiger partial charge < -0.3 is 10.3 Å². The van der Waals surface area contributed by atoms with Crippen LogP contribution in [0.1, 0.15) is 21.5 Å². The van der Waals surface area contributed by atoms with Gasteiger partial charge in [-0.15, -0.1) is 0 Å². The number of nitrogens with one attached hydrogen (secondary N) is 2. The van der Waals surface area contributed by atoms with Crippen LogP contribution in [0.25, 0.3) is 10.9 Å². The van der Waals surface area contributed by atoms with Crippen molar-refractivity contribution < 1.29 is 13.2 Å². The van der Waals surface area contributed by atoms with Gasteiger partial charge in [-0.1, -0.05) is 12.1 Å². The van der Waals surface area contributed by atoms with E-state index in [1.807, 2.05) is 24.4 Å². The number of carbonyl (C=O) groups excluding carboxylic acids is 1. The highest BCUT2D eigenvalue weighted by molar-refractivity contribution is 7.90. The van der Waals surface area contributed by atoms with E-state index in [4.69, 9.17) is 0 Å². The predicted molar refractivity (Wildman–Crippen MR) is 93.8 cm³/mol. The normalized spacial score (nSPS) is 11.6. The van der Waals surface area contributed by atoms with Gasteiger partial charge in [0.05, 0.1) is 4.90 Å². The fraction of sp³-hybridized carbons (Fsp3) is 0.167. The highest BCUT2D eigenvalue weighted by atomic mass is 32.2. The van der Waals surface area contributed by atoms with E-state index in [1.54, 1.807) is 31.2 Å². The Morgan fingerprint density at radius 2 is 1.92 bits per heavy atom. The van der Waals surface area contributed by atoms with Crippen molar-refractivity contribution >= 4 is 26.6 Å². The van der Waals surface area contributed by atoms with Crippen molar-refractivity contribution in [1.29, 1.82) is 0 Å². The molecule has 3 aromatic rings. The Morgan fingerprint density at radius 3 is 2.62 bits per heavy atom. The van der Waals surface area contributed by atoms with E-state index in [0.29, 0.717) is 22.6 Å². The molecule has 24 heavy (non-hydrogen) atoms. The summed E-state index contributed by atoms with van der Waals surface area (Å²) in [4.78, 5) is 15.7. The first-order valence-corrected chi connectivity index (χ1v) is 9.39. The summed E-state index contributed by atoms with van der Waals surface area (Å²) in [6, 6.07) is 12.5. The third-order valence-electron chi connectivity index (χ3n) is 3.91. The van der Waals surface area contributed by atoms with Crippen molar-refractivity contribution in [2.75, 3.05) is 6.26 Å². The van der Waals surface area contributed by atoms with Crippen LogP contribution in [-0.4, -0.2) is 25.6 Å². The lowest BCUT2D eigenvalue weighted by Crippen LogP contribution is -2.22. The Kier molecular flexibility index (Phi) is 4.15. The lowest BCUT2D eigenvalue weighted by Gasteiger charge is -2.09. The van der Waals surface area contributed by atoms with Crippen molar-refractivity contribution in [1.82, 2.24) is 10.3 Å². The zero-order valence-electron chi connectivity index (χ0n) is 13.5. The molecule has 0 saturated carbocycles. The summed E-state index contributed by atoms with van der Waals surface area (Å²) in [6.45, 7) is 2.09. The molecule has 0 aliphatic heterocycles. The molecule has 0 bridgehead atoms. The smallest absolute Gasteiger partial charge is 0.251 e. The number of H-pyrrole nitrogens is 1. The minimum absolute atomic E-state index is 0.164. The van der Waals surface area contributed by atoms with Crippen LogP contribution >= 0.6 is 0 Å². The predicted octanol–water partition coefficient (Wildman–Crippen LogP) is 2.81. The number of benzene rings is 2. The fourth-order valence-electron chi connectivity index (χ4n) is 2.72. The number of aromatic nitrogens is 1. The average molecular weight is 342 g/mol. The van der Waals surface area contributed by atoms with E-state index in [1.165, 1.54) is 6.26 Å². The standard InChI is InChI=1S/C18H18N2O3S/c1-12-9-13(3-6-17(12)24(2,22)23)11-20-18(21)15-4-5-16-14(10-15)7-8-19-16/h3-10,19H,11H2,1-2H3,(H,20,21). The minimum atomic E-state index is -3.23. The van der Waals surface area contributed by atoms with Gasteiger partial charge in [-0.05, 0) is 48.4 Å². The largest absolute Gasteiger partial charge is 0.361 e. The summed E-state index contributed by atoms with van der Waals surface area (Å²) < 4.78 is 23.3. The van der Waals surface area contributed by atoms with E-state index in [-0.39, 0.29) is 5.91 Å². The number of carbonyl (C=O) groups is 1. The number of aromatic amines is 1. The van der Waals surface area contributed by atoms with E-state index in [9.17, 15) is 13.2 Å². The molecule has 3 rings (SSSR count). The molecule has 0 aliphatic rings. The van der Waals surface area contributed by atoms with Gasteiger partial charge in [-0.25, -0.2) is 8.42 Å². The average Bonchev–Trinajstić information content (AvgIpc) is 2.98. The molecule has 6 heteroatoms. The molecule has 1 heterocycles. The maximum atomic E-state index is 12.3. The van der Waals surface area contributed by atoms with Crippen molar-refractivity contribution in [3.8, 4) is 0 Å². The number of fused-ring (bicyclic) bond motifs is 1. The number of aryl methyl sites for hydroxylation is 1. The van der Waals surface area contributed by atoms with Gasteiger partial charge in [0.2, 0.25) is 0 Å². The van der Waals surface area contributed by atoms with Gasteiger partial charge >= 0.3 is 0 Å². The fourth-order valence-corrected chi connectivity index (χ4v) is 3.68. The maximum absolute atomic E-state index is 12.3. The van der Waals surface area contributed by atoms with Gasteiger partial charge in [-0.2, -0.15) is 0 Å². The van der Waals surface area contributed by atoms with Crippen molar-refractivity contribution in [2.45, 2.75) is 18.4 Å². The molecule has 5 nitrogen and oxygen atoms in total. The van der Waals surface area contributed by atoms with Crippen LogP contribution in [0.5, 0.6) is 0 Å². The van der Waals surface area contributed by atoms with Crippen molar-refractivity contribution in [2.24, 2.45) is 0 Å². The lowest BCUT2D eigenvalue weighted by molar-refractivity contribution is 0.0951. The Labute approximate surface area is 140 Å². The highest BCUT2D eigenvalue weighted by Crippen LogP contribution is 2.17. The summed E-state index contributed by atoms with van der Waals surface area (Å²) in [5, 5.41) is 3.84. The first-order chi connectivity index (χ1) is 11.3. The topological polar surface area (TPSA) is 79.0 Å². The molecular weight excluding hydrogens is 324 g/mol. The second-order valence-corrected chi connectivity index (χ2v) is 7.82. The van der Waals surface area contributed by atoms with E-state index in [2.05, 4.69) is 10.3 Å². The van der Waals surface area contributed by atoms with Crippen LogP contribution in [0.15, 0.2) is 53.6 Å². The van der Waals surface area contributed by atoms with Crippen LogP contribution in [0.4, 0.5) is 0 Å². The zero-order chi connectivity index (χ0) is 17.3. The van der Waals surface area contributed by atoms with Gasteiger partial charge in [0.25, 0.3) is 5.91 Å². The molecular formula is C18H18N2O3S. The van der Waals surface area contributed by atoms with Crippen LogP contribution in [-0.2, 0) is 16.4 Å². The summed E-state index contributed by atoms with van der Waals surface area (Å²) in [6.07, 6.45) is 3.02. The van der Waals surface area contributed by atoms with Gasteiger partial charge in [0.1, 0.15) is 0 Å². The molecule has 0 radical (unpaired) electrons. The SMILES string of the molecule is Cc1cc(CNC(=O)c2ccc3[nH]ccc3c2)ccc1S(C)(=O)=O. The molecule has 1 aromatic heterocycles. The molecule has 0 spiro atoms. The van der Waals surface area contributed by atoms with E-state index >= 15 is 0 Å². The van der Waals surface area contributed by atoms with Crippen molar-refractivity contribution in [3.05, 3.63) is 65.4 Å². The van der Waals surface area contributed by atoms with Gasteiger partial charge in [0.15, 0.2) is 9.84 Å². The second-order valence-electron chi connectivity index (χ2n) is 5.83. The minimum Gasteiger partial charge on any atom is -0.361 e. The number of hydrogen-bond donors (Lipinski definition) is 2. The van der Waals surface area contributed by atoms with Crippen LogP contribution in [0, 0.1) is 6.92 Å². The highest BCUT2D eigenvalue weighted by Gasteiger charge is 2.11. The van der Waals surface area contributed by atoms with Gasteiger partial charge in [-0.3, -0.25) is 4.79 Å². The van der Waals surface area contributed by atoms with Crippen LogP contribution in [0.2, 0.25) is 0 Å². The third-order valence-corrected chi connectivity index (χ3v) is 5.16. The Balaban J connectivity index is 1.73. The van der Waals surface area contributed by atoms with Crippen LogP contribution in [0.3, 0.4) is 0 Å².